The predicted molar refractivity (Wildman–Crippen MR) is 101 cm³/mol. The van der Waals surface area contributed by atoms with E-state index < -0.39 is 0 Å². The highest BCUT2D eigenvalue weighted by molar-refractivity contribution is 7.99. The van der Waals surface area contributed by atoms with Crippen LogP contribution in [0.3, 0.4) is 0 Å². The van der Waals surface area contributed by atoms with Crippen molar-refractivity contribution in [1.29, 1.82) is 0 Å². The Balaban J connectivity index is 1.38. The van der Waals surface area contributed by atoms with Crippen LogP contribution in [-0.2, 0) is 4.79 Å². The summed E-state index contributed by atoms with van der Waals surface area (Å²) < 4.78 is 0. The monoisotopic (exact) mass is 350 g/mol. The molecule has 0 N–H and O–H groups in total. The highest BCUT2D eigenvalue weighted by Crippen LogP contribution is 2.42. The number of thioether (sulfide) groups is 1. The Kier molecular flexibility index (Phi) is 5.43. The summed E-state index contributed by atoms with van der Waals surface area (Å²) in [5.41, 5.74) is -0.0164. The first-order chi connectivity index (χ1) is 11.8. The van der Waals surface area contributed by atoms with Gasteiger partial charge in [0.25, 0.3) is 0 Å². The summed E-state index contributed by atoms with van der Waals surface area (Å²) in [5, 5.41) is 0. The maximum absolute atomic E-state index is 13.3. The topological polar surface area (TPSA) is 23.6 Å². The molecule has 1 atom stereocenters. The van der Waals surface area contributed by atoms with Crippen molar-refractivity contribution < 1.29 is 4.79 Å². The second kappa shape index (κ2) is 7.57. The Morgan fingerprint density at radius 1 is 0.958 bits per heavy atom. The molecular weight excluding hydrogens is 316 g/mol. The Morgan fingerprint density at radius 2 is 1.75 bits per heavy atom. The van der Waals surface area contributed by atoms with Crippen LogP contribution in [0.15, 0.2) is 0 Å². The standard InChI is InChI=1S/C20H34N2OS/c23-19-20(10-12-22(16-20)18-7-13-24-14-8-18)9-4-11-21(19)15-17-5-2-1-3-6-17/h17-18H,1-16H2/t20-/m1/s1. The molecule has 0 unspecified atom stereocenters. The Morgan fingerprint density at radius 3 is 2.54 bits per heavy atom. The van der Waals surface area contributed by atoms with Gasteiger partial charge >= 0.3 is 0 Å². The summed E-state index contributed by atoms with van der Waals surface area (Å²) in [6.45, 7) is 4.30. The molecule has 1 saturated carbocycles. The van der Waals surface area contributed by atoms with E-state index in [1.165, 1.54) is 69.4 Å². The van der Waals surface area contributed by atoms with Crippen LogP contribution >= 0.6 is 11.8 Å². The van der Waals surface area contributed by atoms with Crippen LogP contribution in [0, 0.1) is 11.3 Å². The predicted octanol–water partition coefficient (Wildman–Crippen LogP) is 3.78. The van der Waals surface area contributed by atoms with E-state index in [9.17, 15) is 4.79 Å². The number of likely N-dealkylation sites (tertiary alicyclic amines) is 2. The Hall–Kier alpha value is -0.220. The van der Waals surface area contributed by atoms with Gasteiger partial charge in [-0.2, -0.15) is 11.8 Å². The van der Waals surface area contributed by atoms with Gasteiger partial charge < -0.3 is 4.90 Å². The molecule has 3 aliphatic heterocycles. The molecule has 0 aromatic heterocycles. The first kappa shape index (κ1) is 17.2. The van der Waals surface area contributed by atoms with Crippen molar-refractivity contribution in [2.75, 3.05) is 37.7 Å². The molecule has 136 valence electrons. The van der Waals surface area contributed by atoms with Crippen LogP contribution in [-0.4, -0.2) is 59.4 Å². The second-order valence-electron chi connectivity index (χ2n) is 8.70. The lowest BCUT2D eigenvalue weighted by molar-refractivity contribution is -0.146. The van der Waals surface area contributed by atoms with Crippen LogP contribution < -0.4 is 0 Å². The molecule has 1 aliphatic carbocycles. The summed E-state index contributed by atoms with van der Waals surface area (Å²) in [6, 6.07) is 0.757. The molecule has 0 radical (unpaired) electrons. The van der Waals surface area contributed by atoms with Crippen molar-refractivity contribution in [2.24, 2.45) is 11.3 Å². The van der Waals surface area contributed by atoms with Crippen LogP contribution in [0.1, 0.15) is 64.2 Å². The van der Waals surface area contributed by atoms with Gasteiger partial charge in [0, 0.05) is 25.7 Å². The van der Waals surface area contributed by atoms with Gasteiger partial charge in [0.05, 0.1) is 5.41 Å². The van der Waals surface area contributed by atoms with Gasteiger partial charge in [-0.05, 0) is 68.9 Å². The summed E-state index contributed by atoms with van der Waals surface area (Å²) in [5.74, 6) is 3.93. The summed E-state index contributed by atoms with van der Waals surface area (Å²) >= 11 is 2.10. The normalized spacial score (nSPS) is 34.3. The van der Waals surface area contributed by atoms with Gasteiger partial charge in [0.2, 0.25) is 5.91 Å². The third-order valence-corrected chi connectivity index (χ3v) is 8.17. The number of piperidine rings is 1. The van der Waals surface area contributed by atoms with E-state index in [0.717, 1.165) is 44.4 Å². The summed E-state index contributed by atoms with van der Waals surface area (Å²) in [6.07, 6.45) is 13.0. The molecule has 1 amide bonds. The molecule has 4 aliphatic rings. The number of hydrogen-bond donors (Lipinski definition) is 0. The summed E-state index contributed by atoms with van der Waals surface area (Å²) in [7, 11) is 0. The number of rotatable bonds is 3. The van der Waals surface area contributed by atoms with E-state index in [0.29, 0.717) is 5.91 Å². The van der Waals surface area contributed by atoms with E-state index in [2.05, 4.69) is 21.6 Å². The molecule has 4 fully saturated rings. The van der Waals surface area contributed by atoms with Gasteiger partial charge in [-0.1, -0.05) is 19.3 Å². The molecule has 4 heteroatoms. The van der Waals surface area contributed by atoms with Crippen LogP contribution in [0.5, 0.6) is 0 Å². The van der Waals surface area contributed by atoms with Gasteiger partial charge in [-0.15, -0.1) is 0 Å². The van der Waals surface area contributed by atoms with Crippen LogP contribution in [0.4, 0.5) is 0 Å². The molecule has 3 nitrogen and oxygen atoms in total. The second-order valence-corrected chi connectivity index (χ2v) is 9.93. The highest BCUT2D eigenvalue weighted by Gasteiger charge is 2.49. The SMILES string of the molecule is O=C1N(CC2CCCCC2)CCC[C@]12CCN(C1CCSCC1)C2. The number of carbonyl (C=O) groups is 1. The van der Waals surface area contributed by atoms with Gasteiger partial charge in [-0.25, -0.2) is 0 Å². The van der Waals surface area contributed by atoms with Crippen molar-refractivity contribution in [1.82, 2.24) is 9.80 Å². The maximum atomic E-state index is 13.3. The first-order valence-corrected chi connectivity index (χ1v) is 11.5. The number of amides is 1. The van der Waals surface area contributed by atoms with E-state index >= 15 is 0 Å². The molecule has 3 saturated heterocycles. The lowest BCUT2D eigenvalue weighted by Crippen LogP contribution is -2.52. The van der Waals surface area contributed by atoms with Crippen LogP contribution in [0.2, 0.25) is 0 Å². The van der Waals surface area contributed by atoms with E-state index in [1.54, 1.807) is 0 Å². The third kappa shape index (κ3) is 3.51. The molecule has 4 rings (SSSR count). The lowest BCUT2D eigenvalue weighted by atomic mass is 9.77. The molecule has 0 aromatic carbocycles. The fourth-order valence-electron chi connectivity index (χ4n) is 5.65. The minimum absolute atomic E-state index is 0.0164. The minimum Gasteiger partial charge on any atom is -0.342 e. The number of nitrogens with zero attached hydrogens (tertiary/aromatic N) is 2. The molecule has 3 heterocycles. The molecular formula is C20H34N2OS. The van der Waals surface area contributed by atoms with Gasteiger partial charge in [0.1, 0.15) is 0 Å². The highest BCUT2D eigenvalue weighted by atomic mass is 32.2. The zero-order chi connectivity index (χ0) is 16.4. The zero-order valence-corrected chi connectivity index (χ0v) is 16.0. The summed E-state index contributed by atoms with van der Waals surface area (Å²) in [4.78, 5) is 18.3. The molecule has 24 heavy (non-hydrogen) atoms. The van der Waals surface area contributed by atoms with Crippen molar-refractivity contribution >= 4 is 17.7 Å². The third-order valence-electron chi connectivity index (χ3n) is 7.12. The van der Waals surface area contributed by atoms with Crippen molar-refractivity contribution in [3.05, 3.63) is 0 Å². The lowest BCUT2D eigenvalue weighted by Gasteiger charge is -2.42. The fourth-order valence-corrected chi connectivity index (χ4v) is 6.73. The maximum Gasteiger partial charge on any atom is 0.230 e. The van der Waals surface area contributed by atoms with Crippen molar-refractivity contribution in [2.45, 2.75) is 70.3 Å². The Labute approximate surface area is 151 Å². The van der Waals surface area contributed by atoms with Gasteiger partial charge in [0.15, 0.2) is 0 Å². The average Bonchev–Trinajstić information content (AvgIpc) is 3.06. The van der Waals surface area contributed by atoms with E-state index in [-0.39, 0.29) is 5.41 Å². The van der Waals surface area contributed by atoms with Crippen LogP contribution in [0.25, 0.3) is 0 Å². The largest absolute Gasteiger partial charge is 0.342 e. The van der Waals surface area contributed by atoms with Crippen molar-refractivity contribution in [3.8, 4) is 0 Å². The number of carbonyl (C=O) groups excluding carboxylic acids is 1. The molecule has 1 spiro atoms. The van der Waals surface area contributed by atoms with Gasteiger partial charge in [-0.3, -0.25) is 9.69 Å². The molecule has 0 aromatic rings. The van der Waals surface area contributed by atoms with E-state index in [1.807, 2.05) is 0 Å². The fraction of sp³-hybridized carbons (Fsp3) is 0.950. The Bertz CT molecular complexity index is 445. The van der Waals surface area contributed by atoms with E-state index in [4.69, 9.17) is 0 Å². The zero-order valence-electron chi connectivity index (χ0n) is 15.2. The minimum atomic E-state index is -0.0164. The molecule has 0 bridgehead atoms. The average molecular weight is 351 g/mol. The first-order valence-electron chi connectivity index (χ1n) is 10.4. The quantitative estimate of drug-likeness (QED) is 0.774. The number of hydrogen-bond acceptors (Lipinski definition) is 3. The smallest absolute Gasteiger partial charge is 0.230 e. The van der Waals surface area contributed by atoms with Crippen molar-refractivity contribution in [3.63, 3.8) is 0 Å².